The molecule has 26 heavy (non-hydrogen) atoms. The average molecular weight is 376 g/mol. The predicted molar refractivity (Wildman–Crippen MR) is 96.9 cm³/mol. The number of sulfone groups is 1. The summed E-state index contributed by atoms with van der Waals surface area (Å²) in [7, 11) is -3.36. The van der Waals surface area contributed by atoms with Crippen molar-refractivity contribution in [1.82, 2.24) is 9.80 Å². The Balaban J connectivity index is 1.58. The molecule has 0 radical (unpaired) electrons. The van der Waals surface area contributed by atoms with Crippen LogP contribution < -0.4 is 0 Å². The van der Waals surface area contributed by atoms with Crippen LogP contribution in [0.4, 0.5) is 0 Å². The second-order valence-corrected chi connectivity index (χ2v) is 10.2. The van der Waals surface area contributed by atoms with Gasteiger partial charge in [-0.3, -0.25) is 9.59 Å². The molecule has 1 aliphatic carbocycles. The molecule has 140 valence electrons. The molecule has 0 bridgehead atoms. The van der Waals surface area contributed by atoms with Gasteiger partial charge in [0.05, 0.1) is 11.7 Å². The first-order chi connectivity index (χ1) is 12.3. The summed E-state index contributed by atoms with van der Waals surface area (Å²) in [6.07, 6.45) is 2.32. The van der Waals surface area contributed by atoms with Crippen molar-refractivity contribution in [2.75, 3.05) is 18.8 Å². The minimum atomic E-state index is -3.36. The van der Waals surface area contributed by atoms with Crippen molar-refractivity contribution in [2.24, 2.45) is 5.92 Å². The summed E-state index contributed by atoms with van der Waals surface area (Å²) in [6.45, 7) is 2.28. The van der Waals surface area contributed by atoms with Crippen molar-refractivity contribution < 1.29 is 18.0 Å². The maximum absolute atomic E-state index is 13.4. The van der Waals surface area contributed by atoms with Gasteiger partial charge in [0.2, 0.25) is 11.8 Å². The molecule has 1 aromatic rings. The molecule has 3 aliphatic rings. The summed E-state index contributed by atoms with van der Waals surface area (Å²) in [5, 5.41) is 0. The average Bonchev–Trinajstić information content (AvgIpc) is 3.35. The number of hydrogen-bond donors (Lipinski definition) is 0. The van der Waals surface area contributed by atoms with Gasteiger partial charge in [0.25, 0.3) is 0 Å². The fourth-order valence-corrected chi connectivity index (χ4v) is 6.61. The Kier molecular flexibility index (Phi) is 4.10. The van der Waals surface area contributed by atoms with Gasteiger partial charge in [0.1, 0.15) is 4.75 Å². The van der Waals surface area contributed by atoms with Gasteiger partial charge in [0, 0.05) is 32.6 Å². The fraction of sp³-hybridized carbons (Fsp3) is 0.579. The van der Waals surface area contributed by atoms with Crippen LogP contribution in [0.5, 0.6) is 0 Å². The predicted octanol–water partition coefficient (Wildman–Crippen LogP) is 1.21. The van der Waals surface area contributed by atoms with Crippen LogP contribution in [-0.4, -0.2) is 59.7 Å². The first kappa shape index (κ1) is 17.5. The minimum absolute atomic E-state index is 0.0407. The molecule has 1 unspecified atom stereocenters. The quantitative estimate of drug-likeness (QED) is 0.792. The molecule has 0 N–H and O–H groups in total. The van der Waals surface area contributed by atoms with Crippen LogP contribution in [0.3, 0.4) is 0 Å². The van der Waals surface area contributed by atoms with Crippen LogP contribution in [0.1, 0.15) is 31.7 Å². The number of benzene rings is 1. The molecular weight excluding hydrogens is 352 g/mol. The number of nitrogens with zero attached hydrogens (tertiary/aromatic N) is 2. The molecule has 7 heteroatoms. The largest absolute Gasteiger partial charge is 0.340 e. The standard InChI is InChI=1S/C19H24N2O4S/c1-14(22)20-12-19(13-20)17(9-10-26(19,24)25)18(23)21(16-7-8-16)11-15-5-3-2-4-6-15/h2-6,16-17H,7-13H2,1H3. The molecule has 6 nitrogen and oxygen atoms in total. The van der Waals surface area contributed by atoms with E-state index < -0.39 is 20.5 Å². The molecule has 4 rings (SSSR count). The lowest BCUT2D eigenvalue weighted by Gasteiger charge is -2.49. The number of carbonyl (C=O) groups is 2. The Labute approximate surface area is 154 Å². The van der Waals surface area contributed by atoms with Gasteiger partial charge in [0.15, 0.2) is 9.84 Å². The number of carbonyl (C=O) groups excluding carboxylic acids is 2. The highest BCUT2D eigenvalue weighted by molar-refractivity contribution is 7.93. The number of amides is 2. The Bertz CT molecular complexity index is 826. The zero-order chi connectivity index (χ0) is 18.5. The van der Waals surface area contributed by atoms with E-state index in [0.717, 1.165) is 18.4 Å². The molecule has 2 heterocycles. The molecule has 1 spiro atoms. The van der Waals surface area contributed by atoms with E-state index in [1.807, 2.05) is 35.2 Å². The summed E-state index contributed by atoms with van der Waals surface area (Å²) in [6, 6.07) is 10.0. The van der Waals surface area contributed by atoms with Crippen LogP contribution in [0.15, 0.2) is 30.3 Å². The van der Waals surface area contributed by atoms with Crippen LogP contribution >= 0.6 is 0 Å². The Hall–Kier alpha value is -1.89. The molecule has 2 saturated heterocycles. The second-order valence-electron chi connectivity index (χ2n) is 7.78. The lowest BCUT2D eigenvalue weighted by molar-refractivity contribution is -0.144. The summed E-state index contributed by atoms with van der Waals surface area (Å²) in [5.74, 6) is -0.681. The molecule has 2 aliphatic heterocycles. The van der Waals surface area contributed by atoms with Crippen LogP contribution in [0, 0.1) is 5.92 Å². The molecule has 0 aromatic heterocycles. The molecule has 3 fully saturated rings. The van der Waals surface area contributed by atoms with Gasteiger partial charge in [-0.25, -0.2) is 8.42 Å². The maximum Gasteiger partial charge on any atom is 0.228 e. The Morgan fingerprint density at radius 3 is 2.38 bits per heavy atom. The van der Waals surface area contributed by atoms with Gasteiger partial charge in [-0.1, -0.05) is 30.3 Å². The third-order valence-corrected chi connectivity index (χ3v) is 8.61. The van der Waals surface area contributed by atoms with Crippen molar-refractivity contribution in [3.8, 4) is 0 Å². The maximum atomic E-state index is 13.4. The zero-order valence-corrected chi connectivity index (χ0v) is 15.7. The summed E-state index contributed by atoms with van der Waals surface area (Å²) >= 11 is 0. The van der Waals surface area contributed by atoms with Crippen molar-refractivity contribution >= 4 is 21.7 Å². The number of likely N-dealkylation sites (tertiary alicyclic amines) is 1. The van der Waals surface area contributed by atoms with Gasteiger partial charge < -0.3 is 9.80 Å². The van der Waals surface area contributed by atoms with Crippen LogP contribution in [0.2, 0.25) is 0 Å². The minimum Gasteiger partial charge on any atom is -0.340 e. The van der Waals surface area contributed by atoms with E-state index in [9.17, 15) is 18.0 Å². The van der Waals surface area contributed by atoms with Gasteiger partial charge in [-0.15, -0.1) is 0 Å². The van der Waals surface area contributed by atoms with Crippen LogP contribution in [-0.2, 0) is 26.0 Å². The van der Waals surface area contributed by atoms with Gasteiger partial charge >= 0.3 is 0 Å². The molecule has 1 saturated carbocycles. The van der Waals surface area contributed by atoms with E-state index in [-0.39, 0.29) is 36.7 Å². The van der Waals surface area contributed by atoms with Gasteiger partial charge in [-0.05, 0) is 24.8 Å². The first-order valence-corrected chi connectivity index (χ1v) is 10.8. The SMILES string of the molecule is CC(=O)N1CC2(C1)C(C(=O)N(Cc1ccccc1)C1CC1)CCS2(=O)=O. The van der Waals surface area contributed by atoms with Gasteiger partial charge in [-0.2, -0.15) is 0 Å². The highest BCUT2D eigenvalue weighted by atomic mass is 32.2. The van der Waals surface area contributed by atoms with Crippen molar-refractivity contribution in [3.63, 3.8) is 0 Å². The van der Waals surface area contributed by atoms with E-state index in [4.69, 9.17) is 0 Å². The third kappa shape index (κ3) is 2.73. The smallest absolute Gasteiger partial charge is 0.228 e. The molecule has 1 atom stereocenters. The molecular formula is C19H24N2O4S. The lowest BCUT2D eigenvalue weighted by atomic mass is 9.82. The van der Waals surface area contributed by atoms with E-state index in [1.54, 1.807) is 0 Å². The van der Waals surface area contributed by atoms with E-state index in [2.05, 4.69) is 0 Å². The topological polar surface area (TPSA) is 74.8 Å². The zero-order valence-electron chi connectivity index (χ0n) is 14.9. The highest BCUT2D eigenvalue weighted by Crippen LogP contribution is 2.46. The third-order valence-electron chi connectivity index (χ3n) is 6.06. The fourth-order valence-electron chi connectivity index (χ4n) is 4.30. The normalized spacial score (nSPS) is 25.7. The van der Waals surface area contributed by atoms with E-state index in [1.165, 1.54) is 11.8 Å². The van der Waals surface area contributed by atoms with Crippen molar-refractivity contribution in [2.45, 2.75) is 43.5 Å². The van der Waals surface area contributed by atoms with E-state index >= 15 is 0 Å². The first-order valence-electron chi connectivity index (χ1n) is 9.16. The van der Waals surface area contributed by atoms with E-state index in [0.29, 0.717) is 13.0 Å². The summed E-state index contributed by atoms with van der Waals surface area (Å²) in [4.78, 5) is 28.3. The van der Waals surface area contributed by atoms with Crippen LogP contribution in [0.25, 0.3) is 0 Å². The molecule has 1 aromatic carbocycles. The Morgan fingerprint density at radius 2 is 1.81 bits per heavy atom. The number of rotatable bonds is 4. The summed E-state index contributed by atoms with van der Waals surface area (Å²) < 4.78 is 24.3. The van der Waals surface area contributed by atoms with Crippen molar-refractivity contribution in [3.05, 3.63) is 35.9 Å². The monoisotopic (exact) mass is 376 g/mol. The molecule has 2 amide bonds. The second kappa shape index (κ2) is 6.08. The highest BCUT2D eigenvalue weighted by Gasteiger charge is 2.65. The number of hydrogen-bond acceptors (Lipinski definition) is 4. The lowest BCUT2D eigenvalue weighted by Crippen LogP contribution is -2.69. The summed E-state index contributed by atoms with van der Waals surface area (Å²) in [5.41, 5.74) is 1.06. The van der Waals surface area contributed by atoms with Crippen molar-refractivity contribution in [1.29, 1.82) is 0 Å². The Morgan fingerprint density at radius 1 is 1.15 bits per heavy atom.